The highest BCUT2D eigenvalue weighted by atomic mass is 16.5. The average Bonchev–Trinajstić information content (AvgIpc) is 3.38. The van der Waals surface area contributed by atoms with Crippen molar-refractivity contribution in [1.29, 1.82) is 0 Å². The van der Waals surface area contributed by atoms with Crippen molar-refractivity contribution in [3.05, 3.63) is 23.7 Å². The first-order chi connectivity index (χ1) is 14.0. The number of likely N-dealkylation sites (tertiary alicyclic amines) is 3. The summed E-state index contributed by atoms with van der Waals surface area (Å²) in [6.45, 7) is 10.2. The van der Waals surface area contributed by atoms with Gasteiger partial charge in [0.25, 0.3) is 5.91 Å². The SMILES string of the molecule is CCN1CC[C@@]2(CN(CCOC)CC23CCN(C(=O)c2ccoc2C)CC3)C1=O. The zero-order chi connectivity index (χ0) is 20.6. The van der Waals surface area contributed by atoms with Crippen LogP contribution in [0.5, 0.6) is 0 Å². The third kappa shape index (κ3) is 3.19. The van der Waals surface area contributed by atoms with Crippen LogP contribution in [0.4, 0.5) is 0 Å². The molecule has 7 heteroatoms. The molecular weight excluding hydrogens is 370 g/mol. The van der Waals surface area contributed by atoms with Gasteiger partial charge in [-0.2, -0.15) is 0 Å². The Labute approximate surface area is 172 Å². The van der Waals surface area contributed by atoms with E-state index in [2.05, 4.69) is 11.8 Å². The molecule has 3 aliphatic rings. The third-order valence-corrected chi connectivity index (χ3v) is 7.63. The van der Waals surface area contributed by atoms with E-state index in [1.54, 1.807) is 19.4 Å². The van der Waals surface area contributed by atoms with Gasteiger partial charge in [-0.15, -0.1) is 0 Å². The highest BCUT2D eigenvalue weighted by Crippen LogP contribution is 2.57. The van der Waals surface area contributed by atoms with Crippen LogP contribution in [-0.4, -0.2) is 86.0 Å². The maximum absolute atomic E-state index is 13.5. The van der Waals surface area contributed by atoms with E-state index in [0.29, 0.717) is 36.9 Å². The molecule has 3 fully saturated rings. The fraction of sp³-hybridized carbons (Fsp3) is 0.727. The van der Waals surface area contributed by atoms with Crippen molar-refractivity contribution in [3.8, 4) is 0 Å². The van der Waals surface area contributed by atoms with Gasteiger partial charge in [-0.25, -0.2) is 0 Å². The Balaban J connectivity index is 1.54. The Kier molecular flexibility index (Phi) is 5.46. The molecule has 0 aromatic carbocycles. The highest BCUT2D eigenvalue weighted by molar-refractivity contribution is 5.95. The Morgan fingerprint density at radius 2 is 1.97 bits per heavy atom. The summed E-state index contributed by atoms with van der Waals surface area (Å²) in [7, 11) is 1.73. The van der Waals surface area contributed by atoms with Gasteiger partial charge < -0.3 is 19.0 Å². The number of amides is 2. The van der Waals surface area contributed by atoms with Crippen molar-refractivity contribution in [2.45, 2.75) is 33.1 Å². The molecular formula is C22H33N3O4. The topological polar surface area (TPSA) is 66.2 Å². The molecule has 2 spiro atoms. The summed E-state index contributed by atoms with van der Waals surface area (Å²) in [4.78, 5) is 32.8. The van der Waals surface area contributed by atoms with Crippen LogP contribution in [-0.2, 0) is 9.53 Å². The molecule has 0 saturated carbocycles. The van der Waals surface area contributed by atoms with Crippen LogP contribution >= 0.6 is 0 Å². The molecule has 0 N–H and O–H groups in total. The normalized spacial score (nSPS) is 26.9. The first kappa shape index (κ1) is 20.4. The predicted molar refractivity (Wildman–Crippen MR) is 109 cm³/mol. The Hall–Kier alpha value is -1.86. The largest absolute Gasteiger partial charge is 0.469 e. The van der Waals surface area contributed by atoms with Crippen molar-refractivity contribution in [2.24, 2.45) is 10.8 Å². The number of hydrogen-bond donors (Lipinski definition) is 0. The molecule has 4 heterocycles. The number of carbonyl (C=O) groups excluding carboxylic acids is 2. The van der Waals surface area contributed by atoms with Gasteiger partial charge in [0.15, 0.2) is 0 Å². The second-order valence-electron chi connectivity index (χ2n) is 8.88. The lowest BCUT2D eigenvalue weighted by Crippen LogP contribution is -2.53. The van der Waals surface area contributed by atoms with Crippen LogP contribution in [0.2, 0.25) is 0 Å². The van der Waals surface area contributed by atoms with Gasteiger partial charge >= 0.3 is 0 Å². The summed E-state index contributed by atoms with van der Waals surface area (Å²) in [6, 6.07) is 1.76. The molecule has 1 atom stereocenters. The number of carbonyl (C=O) groups is 2. The lowest BCUT2D eigenvalue weighted by molar-refractivity contribution is -0.141. The number of nitrogens with zero attached hydrogens (tertiary/aromatic N) is 3. The van der Waals surface area contributed by atoms with Crippen LogP contribution in [0.25, 0.3) is 0 Å². The maximum Gasteiger partial charge on any atom is 0.257 e. The molecule has 3 aliphatic heterocycles. The minimum atomic E-state index is -0.308. The van der Waals surface area contributed by atoms with Gasteiger partial charge in [0.2, 0.25) is 5.91 Å². The molecule has 1 aromatic rings. The molecule has 0 aliphatic carbocycles. The van der Waals surface area contributed by atoms with Gasteiger partial charge in [-0.3, -0.25) is 14.5 Å². The zero-order valence-corrected chi connectivity index (χ0v) is 17.9. The van der Waals surface area contributed by atoms with E-state index < -0.39 is 0 Å². The molecule has 29 heavy (non-hydrogen) atoms. The molecule has 7 nitrogen and oxygen atoms in total. The first-order valence-corrected chi connectivity index (χ1v) is 10.8. The van der Waals surface area contributed by atoms with Crippen molar-refractivity contribution in [1.82, 2.24) is 14.7 Å². The van der Waals surface area contributed by atoms with Crippen LogP contribution in [0.1, 0.15) is 42.3 Å². The van der Waals surface area contributed by atoms with E-state index in [1.165, 1.54) is 0 Å². The van der Waals surface area contributed by atoms with Gasteiger partial charge in [0, 0.05) is 58.3 Å². The molecule has 3 saturated heterocycles. The first-order valence-electron chi connectivity index (χ1n) is 10.8. The number of hydrogen-bond acceptors (Lipinski definition) is 5. The van der Waals surface area contributed by atoms with Crippen LogP contribution in [0.15, 0.2) is 16.7 Å². The third-order valence-electron chi connectivity index (χ3n) is 7.63. The molecule has 1 aromatic heterocycles. The number of rotatable bonds is 5. The monoisotopic (exact) mass is 403 g/mol. The number of methoxy groups -OCH3 is 1. The summed E-state index contributed by atoms with van der Waals surface area (Å²) in [5.41, 5.74) is 0.291. The van der Waals surface area contributed by atoms with Crippen molar-refractivity contribution >= 4 is 11.8 Å². The van der Waals surface area contributed by atoms with E-state index in [4.69, 9.17) is 9.15 Å². The van der Waals surface area contributed by atoms with E-state index >= 15 is 0 Å². The van der Waals surface area contributed by atoms with E-state index in [-0.39, 0.29) is 16.7 Å². The Morgan fingerprint density at radius 1 is 1.21 bits per heavy atom. The minimum Gasteiger partial charge on any atom is -0.469 e. The molecule has 2 amide bonds. The second-order valence-corrected chi connectivity index (χ2v) is 8.88. The lowest BCUT2D eigenvalue weighted by atomic mass is 9.60. The van der Waals surface area contributed by atoms with Crippen LogP contribution in [0, 0.1) is 17.8 Å². The van der Waals surface area contributed by atoms with Gasteiger partial charge in [-0.1, -0.05) is 0 Å². The number of ether oxygens (including phenoxy) is 1. The molecule has 0 radical (unpaired) electrons. The van der Waals surface area contributed by atoms with E-state index in [1.807, 2.05) is 16.7 Å². The standard InChI is InChI=1S/C22H33N3O4/c1-4-24-11-8-22(20(24)27)16-23(12-14-28-3)15-21(22)6-9-25(10-7-21)19(26)18-5-13-29-17(18)2/h5,13H,4,6-12,14-16H2,1-3H3/t22-/m1/s1. The zero-order valence-electron chi connectivity index (χ0n) is 17.9. The summed E-state index contributed by atoms with van der Waals surface area (Å²) < 4.78 is 10.6. The Morgan fingerprint density at radius 3 is 2.55 bits per heavy atom. The van der Waals surface area contributed by atoms with Crippen molar-refractivity contribution in [3.63, 3.8) is 0 Å². The summed E-state index contributed by atoms with van der Waals surface area (Å²) >= 11 is 0. The Bertz CT molecular complexity index is 768. The van der Waals surface area contributed by atoms with Gasteiger partial charge in [0.05, 0.1) is 23.8 Å². The molecule has 0 bridgehead atoms. The van der Waals surface area contributed by atoms with Crippen molar-refractivity contribution < 1.29 is 18.7 Å². The van der Waals surface area contributed by atoms with E-state index in [9.17, 15) is 9.59 Å². The minimum absolute atomic E-state index is 0.0438. The second kappa shape index (κ2) is 7.76. The molecule has 0 unspecified atom stereocenters. The smallest absolute Gasteiger partial charge is 0.257 e. The van der Waals surface area contributed by atoms with Gasteiger partial charge in [-0.05, 0) is 39.2 Å². The fourth-order valence-corrected chi connectivity index (χ4v) is 5.89. The number of furan rings is 1. The number of aryl methyl sites for hydroxylation is 1. The molecule has 4 rings (SSSR count). The number of piperidine rings is 1. The number of fused-ring (bicyclic) bond motifs is 1. The predicted octanol–water partition coefficient (Wildman–Crippen LogP) is 2.01. The fourth-order valence-electron chi connectivity index (χ4n) is 5.89. The molecule has 160 valence electrons. The summed E-state index contributed by atoms with van der Waals surface area (Å²) in [6.07, 6.45) is 4.26. The van der Waals surface area contributed by atoms with Gasteiger partial charge in [0.1, 0.15) is 5.76 Å². The van der Waals surface area contributed by atoms with E-state index in [0.717, 1.165) is 52.0 Å². The summed E-state index contributed by atoms with van der Waals surface area (Å²) in [5, 5.41) is 0. The van der Waals surface area contributed by atoms with Crippen LogP contribution in [0.3, 0.4) is 0 Å². The summed E-state index contributed by atoms with van der Waals surface area (Å²) in [5.74, 6) is 1.04. The quantitative estimate of drug-likeness (QED) is 0.752. The van der Waals surface area contributed by atoms with Crippen molar-refractivity contribution in [2.75, 3.05) is 59.5 Å². The van der Waals surface area contributed by atoms with Crippen LogP contribution < -0.4 is 0 Å². The maximum atomic E-state index is 13.5. The highest BCUT2D eigenvalue weighted by Gasteiger charge is 2.64. The average molecular weight is 404 g/mol. The lowest BCUT2D eigenvalue weighted by Gasteiger charge is -2.47.